The lowest BCUT2D eigenvalue weighted by Crippen LogP contribution is -2.74. The second kappa shape index (κ2) is 25.8. The first kappa shape index (κ1) is 34.3. The number of rotatable bonds is 10. The minimum atomic E-state index is -1.18. The van der Waals surface area contributed by atoms with E-state index in [-0.39, 0.29) is 25.5 Å². The summed E-state index contributed by atoms with van der Waals surface area (Å²) in [6, 6.07) is 0. The molecule has 0 radical (unpaired) electrons. The molecular weight excluding hydrogens is 360 g/mol. The molecule has 0 heterocycles. The number of ether oxygens (including phenoxy) is 2. The Bertz CT molecular complexity index is 335. The summed E-state index contributed by atoms with van der Waals surface area (Å²) in [5.41, 5.74) is -0.680. The van der Waals surface area contributed by atoms with Crippen molar-refractivity contribution in [3.8, 4) is 0 Å². The van der Waals surface area contributed by atoms with Gasteiger partial charge in [0.1, 0.15) is 6.10 Å². The number of unbranched alkanes of at least 4 members (excludes halogenated alkanes) is 1. The van der Waals surface area contributed by atoms with Crippen LogP contribution in [0.25, 0.3) is 0 Å². The molecule has 7 nitrogen and oxygen atoms in total. The average molecular weight is 410 g/mol. The molecule has 0 fully saturated rings. The van der Waals surface area contributed by atoms with Crippen molar-refractivity contribution in [1.29, 1.82) is 0 Å². The van der Waals surface area contributed by atoms with Gasteiger partial charge in [0.25, 0.3) is 0 Å². The van der Waals surface area contributed by atoms with Crippen molar-refractivity contribution in [2.45, 2.75) is 80.3 Å². The highest BCUT2D eigenvalue weighted by Crippen LogP contribution is 2.20. The molecule has 4 N–H and O–H groups in total. The lowest BCUT2D eigenvalue weighted by molar-refractivity contribution is -0.597. The number of carbonyl (C=O) groups excluding carboxylic acids is 2. The molecule has 0 aromatic heterocycles. The molecule has 0 aliphatic carbocycles. The number of aliphatic hydroxyl groups excluding tert-OH is 1. The highest BCUT2D eigenvalue weighted by atomic mass is 16.5. The van der Waals surface area contributed by atoms with Gasteiger partial charge in [0.05, 0.1) is 33.7 Å². The third-order valence-corrected chi connectivity index (χ3v) is 2.89. The van der Waals surface area contributed by atoms with E-state index in [4.69, 9.17) is 9.47 Å². The van der Waals surface area contributed by atoms with Crippen LogP contribution in [-0.4, -0.2) is 64.1 Å². The third kappa shape index (κ3) is 24.8. The zero-order valence-corrected chi connectivity index (χ0v) is 20.2. The van der Waals surface area contributed by atoms with Crippen LogP contribution in [0.15, 0.2) is 0 Å². The van der Waals surface area contributed by atoms with E-state index in [1.165, 1.54) is 13.5 Å². The molecule has 28 heavy (non-hydrogen) atoms. The van der Waals surface area contributed by atoms with Gasteiger partial charge in [0, 0.05) is 19.1 Å². The Morgan fingerprint density at radius 2 is 1.61 bits per heavy atom. The molecule has 172 valence electrons. The van der Waals surface area contributed by atoms with Crippen LogP contribution >= 0.6 is 0 Å². The van der Waals surface area contributed by atoms with Crippen molar-refractivity contribution in [3.63, 3.8) is 0 Å². The Balaban J connectivity index is -0.000000309. The van der Waals surface area contributed by atoms with Crippen LogP contribution in [0.5, 0.6) is 0 Å². The third-order valence-electron chi connectivity index (χ3n) is 2.89. The predicted molar refractivity (Wildman–Crippen MR) is 116 cm³/mol. The van der Waals surface area contributed by atoms with Crippen LogP contribution in [0.1, 0.15) is 74.1 Å². The van der Waals surface area contributed by atoms with Crippen LogP contribution in [-0.2, 0) is 19.1 Å². The summed E-state index contributed by atoms with van der Waals surface area (Å²) >= 11 is 0. The van der Waals surface area contributed by atoms with Gasteiger partial charge < -0.3 is 25.2 Å². The minimum absolute atomic E-state index is 0.104. The number of nitrogens with one attached hydrogen (secondary N) is 1. The number of quaternary nitrogens is 1. The molecule has 0 aromatic carbocycles. The maximum Gasteiger partial charge on any atom is 0.307 e. The zero-order valence-electron chi connectivity index (χ0n) is 20.2. The minimum Gasteiger partial charge on any atom is -0.466 e. The molecular formula is C21H49N2O5+. The molecule has 7 heteroatoms. The van der Waals surface area contributed by atoms with Crippen molar-refractivity contribution in [3.05, 3.63) is 0 Å². The van der Waals surface area contributed by atoms with Gasteiger partial charge in [0.2, 0.25) is 5.91 Å². The second-order valence-electron chi connectivity index (χ2n) is 6.72. The van der Waals surface area contributed by atoms with E-state index in [0.29, 0.717) is 6.61 Å². The lowest BCUT2D eigenvalue weighted by Gasteiger charge is -2.28. The summed E-state index contributed by atoms with van der Waals surface area (Å²) in [5, 5.41) is 14.4. The fourth-order valence-electron chi connectivity index (χ4n) is 1.59. The molecule has 1 atom stereocenters. The largest absolute Gasteiger partial charge is 0.466 e. The van der Waals surface area contributed by atoms with Gasteiger partial charge in [-0.1, -0.05) is 61.3 Å². The maximum absolute atomic E-state index is 11.7. The van der Waals surface area contributed by atoms with Gasteiger partial charge in [-0.2, -0.15) is 0 Å². The highest BCUT2D eigenvalue weighted by molar-refractivity contribution is 5.81. The second-order valence-corrected chi connectivity index (χ2v) is 6.72. The fourth-order valence-corrected chi connectivity index (χ4v) is 1.59. The molecule has 0 saturated carbocycles. The summed E-state index contributed by atoms with van der Waals surface area (Å²) < 4.78 is 9.92. The number of aliphatic hydroxyl groups is 1. The molecule has 0 bridgehead atoms. The summed E-state index contributed by atoms with van der Waals surface area (Å²) in [5.74, 6) is -0.849. The number of carbonyl (C=O) groups is 2. The van der Waals surface area contributed by atoms with Gasteiger partial charge in [0.15, 0.2) is 0 Å². The van der Waals surface area contributed by atoms with E-state index in [1.54, 1.807) is 13.8 Å². The van der Waals surface area contributed by atoms with Crippen LogP contribution in [0, 0.1) is 5.41 Å². The van der Waals surface area contributed by atoms with Gasteiger partial charge in [-0.05, 0) is 6.42 Å². The van der Waals surface area contributed by atoms with E-state index in [2.05, 4.69) is 19.2 Å². The van der Waals surface area contributed by atoms with Gasteiger partial charge >= 0.3 is 5.97 Å². The summed E-state index contributed by atoms with van der Waals surface area (Å²) in [6.07, 6.45) is 1.97. The van der Waals surface area contributed by atoms with Crippen molar-refractivity contribution < 1.29 is 29.5 Å². The fraction of sp³-hybridized carbons (Fsp3) is 0.905. The first-order chi connectivity index (χ1) is 13.2. The SMILES string of the molecule is CC.CCC.CCCCOC(=O)CCNC(=O)[C@H](O)C(C)(C)COC.C[NH2+]C. The normalized spacial score (nSPS) is 10.7. The number of hydrogen-bond acceptors (Lipinski definition) is 5. The summed E-state index contributed by atoms with van der Waals surface area (Å²) in [7, 11) is 5.51. The van der Waals surface area contributed by atoms with Crippen molar-refractivity contribution in [2.75, 3.05) is 41.0 Å². The molecule has 0 aliphatic rings. The molecule has 0 unspecified atom stereocenters. The summed E-state index contributed by atoms with van der Waals surface area (Å²) in [4.78, 5) is 23.1. The Morgan fingerprint density at radius 1 is 1.14 bits per heavy atom. The Hall–Kier alpha value is -1.18. The number of esters is 1. The van der Waals surface area contributed by atoms with Gasteiger partial charge in [-0.15, -0.1) is 0 Å². The molecule has 0 saturated heterocycles. The number of hydrogen-bond donors (Lipinski definition) is 3. The average Bonchev–Trinajstić information content (AvgIpc) is 2.64. The van der Waals surface area contributed by atoms with Crippen LogP contribution in [0.4, 0.5) is 0 Å². The standard InChI is InChI=1S/C14H27NO5.C3H8.C2H7N.C2H6/c1-5-6-9-20-11(16)7-8-15-13(18)12(17)14(2,3)10-19-4;2*1-3-2;1-2/h12,17H,5-10H2,1-4H3,(H,15,18);3H2,1-2H3;3H,1-2H3;1-2H3/p+1/t12-;;;/m0.../s1. The topological polar surface area (TPSA) is 101 Å². The molecule has 1 amide bonds. The van der Waals surface area contributed by atoms with E-state index in [1.807, 2.05) is 40.2 Å². The molecule has 0 spiro atoms. The van der Waals surface area contributed by atoms with Crippen molar-refractivity contribution in [1.82, 2.24) is 5.32 Å². The Morgan fingerprint density at radius 3 is 2.00 bits per heavy atom. The molecule has 0 aromatic rings. The summed E-state index contributed by atoms with van der Waals surface area (Å²) in [6.45, 7) is 14.6. The first-order valence-electron chi connectivity index (χ1n) is 10.5. The number of methoxy groups -OCH3 is 1. The zero-order chi connectivity index (χ0) is 23.0. The van der Waals surface area contributed by atoms with E-state index >= 15 is 0 Å². The molecule has 0 aliphatic heterocycles. The molecule has 0 rings (SSSR count). The van der Waals surface area contributed by atoms with Crippen LogP contribution in [0.2, 0.25) is 0 Å². The Kier molecular flexibility index (Phi) is 31.7. The first-order valence-corrected chi connectivity index (χ1v) is 10.5. The van der Waals surface area contributed by atoms with E-state index in [9.17, 15) is 14.7 Å². The van der Waals surface area contributed by atoms with Gasteiger partial charge in [-0.3, -0.25) is 9.59 Å². The highest BCUT2D eigenvalue weighted by Gasteiger charge is 2.33. The predicted octanol–water partition coefficient (Wildman–Crippen LogP) is 2.12. The quantitative estimate of drug-likeness (QED) is 0.379. The van der Waals surface area contributed by atoms with Crippen molar-refractivity contribution >= 4 is 11.9 Å². The smallest absolute Gasteiger partial charge is 0.307 e. The number of nitrogens with two attached hydrogens (primary N) is 1. The number of amides is 1. The maximum atomic E-state index is 11.7. The van der Waals surface area contributed by atoms with Crippen molar-refractivity contribution in [2.24, 2.45) is 5.41 Å². The lowest BCUT2D eigenvalue weighted by atomic mass is 9.87. The van der Waals surface area contributed by atoms with E-state index in [0.717, 1.165) is 12.8 Å². The van der Waals surface area contributed by atoms with Crippen LogP contribution in [0.3, 0.4) is 0 Å². The van der Waals surface area contributed by atoms with Gasteiger partial charge in [-0.25, -0.2) is 0 Å². The van der Waals surface area contributed by atoms with E-state index < -0.39 is 17.4 Å². The Labute approximate surface area is 173 Å². The monoisotopic (exact) mass is 409 g/mol. The van der Waals surface area contributed by atoms with Crippen LogP contribution < -0.4 is 10.6 Å².